The van der Waals surface area contributed by atoms with Crippen molar-refractivity contribution in [2.24, 2.45) is 5.41 Å². The molecule has 2 heterocycles. The Morgan fingerprint density at radius 2 is 1.88 bits per heavy atom. The van der Waals surface area contributed by atoms with Crippen LogP contribution in [0.5, 0.6) is 0 Å². The summed E-state index contributed by atoms with van der Waals surface area (Å²) in [6.07, 6.45) is 5.60. The first kappa shape index (κ1) is 21.5. The molecule has 2 rings (SSSR count). The van der Waals surface area contributed by atoms with Gasteiger partial charge in [0.2, 0.25) is 5.79 Å². The van der Waals surface area contributed by atoms with E-state index in [-0.39, 0.29) is 11.3 Å². The zero-order chi connectivity index (χ0) is 18.4. The van der Waals surface area contributed by atoms with Crippen molar-refractivity contribution in [3.05, 3.63) is 48.0 Å². The summed E-state index contributed by atoms with van der Waals surface area (Å²) in [5.74, 6) is 0.618. The predicted octanol–water partition coefficient (Wildman–Crippen LogP) is 5.28. The molecule has 1 saturated heterocycles. The van der Waals surface area contributed by atoms with E-state index in [0.717, 1.165) is 16.6 Å². The molecular weight excluding hydrogens is 339 g/mol. The Bertz CT molecular complexity index is 513. The normalized spacial score (nSPS) is 26.4. The van der Waals surface area contributed by atoms with Gasteiger partial charge in [-0.05, 0) is 27.7 Å². The van der Waals surface area contributed by atoms with Crippen LogP contribution in [0.4, 0.5) is 0 Å². The lowest BCUT2D eigenvalue weighted by atomic mass is 9.93. The van der Waals surface area contributed by atoms with Crippen molar-refractivity contribution in [3.8, 4) is 0 Å². The van der Waals surface area contributed by atoms with Gasteiger partial charge in [0, 0.05) is 22.1 Å². The number of thiol groups is 1. The third kappa shape index (κ3) is 4.98. The number of allylic oxidation sites excluding steroid dienone is 3. The van der Waals surface area contributed by atoms with E-state index in [9.17, 15) is 0 Å². The Morgan fingerprint density at radius 1 is 1.29 bits per heavy atom. The van der Waals surface area contributed by atoms with Crippen LogP contribution in [-0.2, 0) is 14.2 Å². The predicted molar refractivity (Wildman–Crippen MR) is 108 cm³/mol. The second-order valence-electron chi connectivity index (χ2n) is 6.34. The quantitative estimate of drug-likeness (QED) is 0.405. The van der Waals surface area contributed by atoms with E-state index in [1.165, 1.54) is 0 Å². The summed E-state index contributed by atoms with van der Waals surface area (Å²) in [5.41, 5.74) is 0.898. The summed E-state index contributed by atoms with van der Waals surface area (Å²) in [6.45, 7) is 19.3. The van der Waals surface area contributed by atoms with Gasteiger partial charge >= 0.3 is 0 Å². The van der Waals surface area contributed by atoms with Crippen LogP contribution in [0.3, 0.4) is 0 Å². The van der Waals surface area contributed by atoms with Crippen molar-refractivity contribution in [1.82, 2.24) is 0 Å². The minimum Gasteiger partial charge on any atom is -0.486 e. The maximum absolute atomic E-state index is 6.06. The van der Waals surface area contributed by atoms with E-state index in [4.69, 9.17) is 14.2 Å². The number of ether oxygens (including phenoxy) is 3. The molecule has 0 radical (unpaired) electrons. The zero-order valence-corrected chi connectivity index (χ0v) is 17.4. The third-order valence-electron chi connectivity index (χ3n) is 3.67. The molecule has 0 spiro atoms. The van der Waals surface area contributed by atoms with E-state index >= 15 is 0 Å². The molecule has 2 atom stereocenters. The van der Waals surface area contributed by atoms with Gasteiger partial charge in [-0.2, -0.15) is 12.6 Å². The minimum atomic E-state index is -0.837. The van der Waals surface area contributed by atoms with Gasteiger partial charge < -0.3 is 14.2 Å². The van der Waals surface area contributed by atoms with Gasteiger partial charge in [-0.1, -0.05) is 46.9 Å². The molecule has 0 aromatic rings. The molecule has 0 aromatic carbocycles. The SMILES string of the molecule is C=CC1=C(/C=C(\C=C)C2(CS)OCC(C)(C)CO2)PC(C)O1.CC. The molecule has 0 saturated carbocycles. The second kappa shape index (κ2) is 9.24. The van der Waals surface area contributed by atoms with Gasteiger partial charge in [-0.25, -0.2) is 0 Å². The molecule has 2 aliphatic rings. The van der Waals surface area contributed by atoms with Crippen molar-refractivity contribution in [3.63, 3.8) is 0 Å². The fraction of sp³-hybridized carbons (Fsp3) is 0.579. The summed E-state index contributed by atoms with van der Waals surface area (Å²) in [4.78, 5) is 0. The van der Waals surface area contributed by atoms with Crippen LogP contribution in [0.25, 0.3) is 0 Å². The summed E-state index contributed by atoms with van der Waals surface area (Å²) < 4.78 is 17.9. The molecule has 0 bridgehead atoms. The molecule has 0 N–H and O–H groups in total. The Morgan fingerprint density at radius 3 is 2.33 bits per heavy atom. The molecule has 5 heteroatoms. The van der Waals surface area contributed by atoms with Gasteiger partial charge in [0.25, 0.3) is 0 Å². The molecule has 2 aliphatic heterocycles. The average Bonchev–Trinajstić information content (AvgIpc) is 2.95. The van der Waals surface area contributed by atoms with Crippen LogP contribution in [0.2, 0.25) is 0 Å². The summed E-state index contributed by atoms with van der Waals surface area (Å²) in [7, 11) is 0.573. The second-order valence-corrected chi connectivity index (χ2v) is 8.30. The first-order valence-electron chi connectivity index (χ1n) is 8.39. The molecule has 2 unspecified atom stereocenters. The van der Waals surface area contributed by atoms with E-state index < -0.39 is 5.79 Å². The summed E-state index contributed by atoms with van der Waals surface area (Å²) in [6, 6.07) is 0. The Balaban J connectivity index is 0.00000139. The highest BCUT2D eigenvalue weighted by Gasteiger charge is 2.42. The van der Waals surface area contributed by atoms with E-state index in [1.54, 1.807) is 12.2 Å². The van der Waals surface area contributed by atoms with Crippen molar-refractivity contribution >= 4 is 21.2 Å². The fourth-order valence-electron chi connectivity index (χ4n) is 2.38. The molecule has 3 nitrogen and oxygen atoms in total. The summed E-state index contributed by atoms with van der Waals surface area (Å²) >= 11 is 4.46. The van der Waals surface area contributed by atoms with Crippen LogP contribution < -0.4 is 0 Å². The van der Waals surface area contributed by atoms with Crippen molar-refractivity contribution in [2.45, 2.75) is 46.3 Å². The lowest BCUT2D eigenvalue weighted by Gasteiger charge is -2.43. The largest absolute Gasteiger partial charge is 0.486 e. The molecule has 1 fully saturated rings. The van der Waals surface area contributed by atoms with Crippen LogP contribution in [-0.4, -0.2) is 30.6 Å². The Labute approximate surface area is 154 Å². The van der Waals surface area contributed by atoms with Gasteiger partial charge in [-0.3, -0.25) is 0 Å². The van der Waals surface area contributed by atoms with Gasteiger partial charge in [0.15, 0.2) is 0 Å². The molecule has 0 aliphatic carbocycles. The van der Waals surface area contributed by atoms with E-state index in [0.29, 0.717) is 27.5 Å². The smallest absolute Gasteiger partial charge is 0.203 e. The summed E-state index contributed by atoms with van der Waals surface area (Å²) in [5, 5.41) is 1.12. The lowest BCUT2D eigenvalue weighted by molar-refractivity contribution is -0.263. The number of hydrogen-bond acceptors (Lipinski definition) is 4. The topological polar surface area (TPSA) is 27.7 Å². The van der Waals surface area contributed by atoms with Gasteiger partial charge in [0.05, 0.1) is 13.2 Å². The highest BCUT2D eigenvalue weighted by Crippen LogP contribution is 2.44. The van der Waals surface area contributed by atoms with Gasteiger partial charge in [-0.15, -0.1) is 0 Å². The van der Waals surface area contributed by atoms with Gasteiger partial charge in [0.1, 0.15) is 11.6 Å². The zero-order valence-electron chi connectivity index (χ0n) is 15.5. The monoisotopic (exact) mass is 370 g/mol. The van der Waals surface area contributed by atoms with Crippen molar-refractivity contribution in [1.29, 1.82) is 0 Å². The minimum absolute atomic E-state index is 0.0109. The molecular formula is C19H31O3PS. The van der Waals surface area contributed by atoms with E-state index in [2.05, 4.69) is 52.6 Å². The number of hydrogen-bond donors (Lipinski definition) is 1. The number of rotatable bonds is 5. The first-order chi connectivity index (χ1) is 11.4. The average molecular weight is 370 g/mol. The molecule has 0 aromatic heterocycles. The van der Waals surface area contributed by atoms with Crippen LogP contribution in [0.1, 0.15) is 34.6 Å². The third-order valence-corrected chi connectivity index (χ3v) is 5.32. The van der Waals surface area contributed by atoms with Crippen molar-refractivity contribution < 1.29 is 14.2 Å². The highest BCUT2D eigenvalue weighted by molar-refractivity contribution is 7.80. The van der Waals surface area contributed by atoms with Crippen LogP contribution in [0, 0.1) is 5.41 Å². The van der Waals surface area contributed by atoms with Crippen LogP contribution >= 0.6 is 21.2 Å². The lowest BCUT2D eigenvalue weighted by Crippen LogP contribution is -2.49. The Hall–Kier alpha value is -0.540. The molecule has 0 amide bonds. The molecule has 136 valence electrons. The highest BCUT2D eigenvalue weighted by atomic mass is 32.1. The first-order valence-corrected chi connectivity index (χ1v) is 10.1. The fourth-order valence-corrected chi connectivity index (χ4v) is 3.91. The van der Waals surface area contributed by atoms with Crippen LogP contribution in [0.15, 0.2) is 48.0 Å². The maximum atomic E-state index is 6.06. The van der Waals surface area contributed by atoms with E-state index in [1.807, 2.05) is 13.8 Å². The maximum Gasteiger partial charge on any atom is 0.203 e. The molecule has 24 heavy (non-hydrogen) atoms. The Kier molecular flexibility index (Phi) is 8.28. The van der Waals surface area contributed by atoms with Crippen molar-refractivity contribution in [2.75, 3.05) is 19.0 Å². The standard InChI is InChI=1S/C17H25O3PS.C2H6/c1-6-13(8-15-14(7-2)20-12(3)21-15)17(11-22)18-9-16(4,5)10-19-17;1-2/h6-8,12,21-22H,1-2,9-11H2,3-5H3;1-2H3/b13-8+;.